The molecule has 16 heavy (non-hydrogen) atoms. The van der Waals surface area contributed by atoms with Crippen LogP contribution in [-0.4, -0.2) is 6.61 Å². The van der Waals surface area contributed by atoms with Gasteiger partial charge in [0.25, 0.3) is 0 Å². The minimum absolute atomic E-state index is 0.739. The van der Waals surface area contributed by atoms with E-state index < -0.39 is 0 Å². The van der Waals surface area contributed by atoms with Crippen molar-refractivity contribution >= 4 is 27.3 Å². The second-order valence-electron chi connectivity index (χ2n) is 4.16. The summed E-state index contributed by atoms with van der Waals surface area (Å²) in [6.07, 6.45) is 5.15. The Morgan fingerprint density at radius 2 is 2.25 bits per heavy atom. The molecule has 0 bridgehead atoms. The molecule has 0 spiro atoms. The van der Waals surface area contributed by atoms with Crippen molar-refractivity contribution in [1.29, 1.82) is 0 Å². The zero-order valence-electron chi connectivity index (χ0n) is 10.2. The molecule has 1 aromatic rings. The van der Waals surface area contributed by atoms with Crippen LogP contribution in [0.15, 0.2) is 15.9 Å². The van der Waals surface area contributed by atoms with Crippen LogP contribution in [0.1, 0.15) is 44.4 Å². The maximum atomic E-state index is 5.77. The quantitative estimate of drug-likeness (QED) is 0.638. The van der Waals surface area contributed by atoms with Gasteiger partial charge in [0.1, 0.15) is 0 Å². The molecular weight excluding hydrogens is 284 g/mol. The highest BCUT2D eigenvalue weighted by molar-refractivity contribution is 9.10. The molecule has 0 saturated heterocycles. The van der Waals surface area contributed by atoms with Crippen LogP contribution in [0.2, 0.25) is 0 Å². The Bertz CT molecular complexity index is 285. The Morgan fingerprint density at radius 3 is 2.81 bits per heavy atom. The van der Waals surface area contributed by atoms with Crippen molar-refractivity contribution < 1.29 is 4.74 Å². The van der Waals surface area contributed by atoms with Crippen LogP contribution in [0.3, 0.4) is 0 Å². The Hall–Kier alpha value is 0.140. The molecule has 0 aliphatic heterocycles. The smallest absolute Gasteiger partial charge is 0.0809 e. The average Bonchev–Trinajstić information content (AvgIpc) is 2.69. The van der Waals surface area contributed by atoms with Gasteiger partial charge in [-0.25, -0.2) is 0 Å². The molecule has 0 amide bonds. The predicted molar refractivity (Wildman–Crippen MR) is 75.0 cm³/mol. The van der Waals surface area contributed by atoms with Crippen molar-refractivity contribution in [3.8, 4) is 0 Å². The molecule has 1 aromatic heterocycles. The fourth-order valence-corrected chi connectivity index (χ4v) is 3.04. The van der Waals surface area contributed by atoms with Crippen LogP contribution in [-0.2, 0) is 11.3 Å². The number of unbranched alkanes of at least 4 members (excludes halogenated alkanes) is 1. The number of thiophene rings is 1. The first kappa shape index (κ1) is 14.2. The van der Waals surface area contributed by atoms with Gasteiger partial charge in [-0.1, -0.05) is 33.1 Å². The van der Waals surface area contributed by atoms with Crippen molar-refractivity contribution in [2.75, 3.05) is 6.61 Å². The molecule has 3 heteroatoms. The van der Waals surface area contributed by atoms with E-state index in [1.54, 1.807) is 11.3 Å². The normalized spacial score (nSPS) is 12.9. The van der Waals surface area contributed by atoms with Gasteiger partial charge in [-0.05, 0) is 34.3 Å². The summed E-state index contributed by atoms with van der Waals surface area (Å²) >= 11 is 5.21. The Morgan fingerprint density at radius 1 is 1.44 bits per heavy atom. The zero-order valence-corrected chi connectivity index (χ0v) is 12.6. The third-order valence-corrected chi connectivity index (χ3v) is 4.43. The third-order valence-electron chi connectivity index (χ3n) is 2.76. The predicted octanol–water partition coefficient (Wildman–Crippen LogP) is 5.24. The Kier molecular flexibility index (Phi) is 7.33. The lowest BCUT2D eigenvalue weighted by molar-refractivity contribution is 0.0836. The van der Waals surface area contributed by atoms with E-state index in [-0.39, 0.29) is 0 Å². The van der Waals surface area contributed by atoms with Crippen molar-refractivity contribution in [3.63, 3.8) is 0 Å². The first-order chi connectivity index (χ1) is 7.76. The number of rotatable bonds is 8. The SMILES string of the molecule is CCCCC(CC)COCc1cc(Br)cs1. The van der Waals surface area contributed by atoms with Crippen LogP contribution in [0.25, 0.3) is 0 Å². The van der Waals surface area contributed by atoms with E-state index in [1.165, 1.54) is 30.6 Å². The van der Waals surface area contributed by atoms with Gasteiger partial charge in [-0.2, -0.15) is 0 Å². The average molecular weight is 305 g/mol. The summed E-state index contributed by atoms with van der Waals surface area (Å²) in [5.41, 5.74) is 0. The number of ether oxygens (including phenoxy) is 1. The first-order valence-corrected chi connectivity index (χ1v) is 7.74. The topological polar surface area (TPSA) is 9.23 Å². The van der Waals surface area contributed by atoms with Crippen LogP contribution >= 0.6 is 27.3 Å². The van der Waals surface area contributed by atoms with E-state index in [0.717, 1.165) is 23.6 Å². The molecule has 0 saturated carbocycles. The Labute approximate surface area is 111 Å². The largest absolute Gasteiger partial charge is 0.376 e. The van der Waals surface area contributed by atoms with Gasteiger partial charge in [-0.15, -0.1) is 11.3 Å². The number of hydrogen-bond donors (Lipinski definition) is 0. The summed E-state index contributed by atoms with van der Waals surface area (Å²) in [6.45, 7) is 6.17. The fraction of sp³-hybridized carbons (Fsp3) is 0.692. The molecule has 0 N–H and O–H groups in total. The van der Waals surface area contributed by atoms with E-state index in [4.69, 9.17) is 4.74 Å². The van der Waals surface area contributed by atoms with E-state index in [9.17, 15) is 0 Å². The van der Waals surface area contributed by atoms with Gasteiger partial charge in [-0.3, -0.25) is 0 Å². The monoisotopic (exact) mass is 304 g/mol. The van der Waals surface area contributed by atoms with E-state index in [0.29, 0.717) is 0 Å². The fourth-order valence-electron chi connectivity index (χ4n) is 1.65. The zero-order chi connectivity index (χ0) is 11.8. The highest BCUT2D eigenvalue weighted by Crippen LogP contribution is 2.21. The highest BCUT2D eigenvalue weighted by Gasteiger charge is 2.06. The van der Waals surface area contributed by atoms with Crippen molar-refractivity contribution in [1.82, 2.24) is 0 Å². The summed E-state index contributed by atoms with van der Waals surface area (Å²) in [5.74, 6) is 0.739. The second-order valence-corrected chi connectivity index (χ2v) is 6.07. The molecule has 0 aliphatic rings. The maximum Gasteiger partial charge on any atom is 0.0809 e. The van der Waals surface area contributed by atoms with Crippen molar-refractivity contribution in [2.45, 2.75) is 46.1 Å². The molecule has 1 unspecified atom stereocenters. The lowest BCUT2D eigenvalue weighted by Gasteiger charge is -2.14. The van der Waals surface area contributed by atoms with Crippen LogP contribution in [0, 0.1) is 5.92 Å². The molecule has 0 fully saturated rings. The van der Waals surface area contributed by atoms with Gasteiger partial charge in [0.2, 0.25) is 0 Å². The summed E-state index contributed by atoms with van der Waals surface area (Å²) in [5, 5.41) is 2.10. The molecule has 0 aliphatic carbocycles. The van der Waals surface area contributed by atoms with Gasteiger partial charge < -0.3 is 4.74 Å². The number of halogens is 1. The summed E-state index contributed by atoms with van der Waals surface area (Å²) < 4.78 is 6.93. The first-order valence-electron chi connectivity index (χ1n) is 6.06. The van der Waals surface area contributed by atoms with Crippen LogP contribution in [0.5, 0.6) is 0 Å². The number of hydrogen-bond acceptors (Lipinski definition) is 2. The lowest BCUT2D eigenvalue weighted by atomic mass is 10.0. The summed E-state index contributed by atoms with van der Waals surface area (Å²) in [4.78, 5) is 1.30. The standard InChI is InChI=1S/C13H21BrOS/c1-3-5-6-11(4-2)8-15-9-13-7-12(14)10-16-13/h7,10-11H,3-6,8-9H2,1-2H3. The lowest BCUT2D eigenvalue weighted by Crippen LogP contribution is -2.08. The molecule has 0 radical (unpaired) electrons. The van der Waals surface area contributed by atoms with Gasteiger partial charge in [0.15, 0.2) is 0 Å². The molecule has 1 heterocycles. The minimum Gasteiger partial charge on any atom is -0.376 e. The van der Waals surface area contributed by atoms with Crippen molar-refractivity contribution in [2.24, 2.45) is 5.92 Å². The van der Waals surface area contributed by atoms with Crippen LogP contribution < -0.4 is 0 Å². The van der Waals surface area contributed by atoms with E-state index in [1.807, 2.05) is 0 Å². The van der Waals surface area contributed by atoms with E-state index in [2.05, 4.69) is 41.2 Å². The van der Waals surface area contributed by atoms with Crippen LogP contribution in [0.4, 0.5) is 0 Å². The van der Waals surface area contributed by atoms with Gasteiger partial charge in [0, 0.05) is 21.3 Å². The summed E-state index contributed by atoms with van der Waals surface area (Å²) in [6, 6.07) is 2.14. The van der Waals surface area contributed by atoms with E-state index >= 15 is 0 Å². The third kappa shape index (κ3) is 5.46. The molecule has 1 rings (SSSR count). The molecule has 92 valence electrons. The highest BCUT2D eigenvalue weighted by atomic mass is 79.9. The Balaban J connectivity index is 2.17. The maximum absolute atomic E-state index is 5.77. The summed E-state index contributed by atoms with van der Waals surface area (Å²) in [7, 11) is 0. The van der Waals surface area contributed by atoms with Gasteiger partial charge in [0.05, 0.1) is 6.61 Å². The second kappa shape index (κ2) is 8.26. The molecule has 1 nitrogen and oxygen atoms in total. The minimum atomic E-state index is 0.739. The molecular formula is C13H21BrOS. The molecule has 1 atom stereocenters. The van der Waals surface area contributed by atoms with Crippen molar-refractivity contribution in [3.05, 3.63) is 20.8 Å². The molecule has 0 aromatic carbocycles. The van der Waals surface area contributed by atoms with Gasteiger partial charge >= 0.3 is 0 Å².